The van der Waals surface area contributed by atoms with Gasteiger partial charge in [-0.25, -0.2) is 0 Å². The Bertz CT molecular complexity index is 853. The molecule has 0 aliphatic heterocycles. The summed E-state index contributed by atoms with van der Waals surface area (Å²) in [7, 11) is -22.4. The normalized spacial score (nSPS) is 13.8. The molecule has 0 amide bonds. The molecular weight excluding hydrogens is 664 g/mol. The predicted octanol–water partition coefficient (Wildman–Crippen LogP) is 0.308. The molecule has 0 heterocycles. The van der Waals surface area contributed by atoms with E-state index in [9.17, 15) is 32.6 Å². The van der Waals surface area contributed by atoms with Gasteiger partial charge in [-0.1, -0.05) is 25.7 Å². The Hall–Kier alpha value is 1.63. The van der Waals surface area contributed by atoms with Gasteiger partial charge >= 0.3 is 38.0 Å². The third-order valence-corrected chi connectivity index (χ3v) is 9.16. The zero-order valence-electron chi connectivity index (χ0n) is 23.1. The standard InChI is InChI=1S/C17H44N3O15P5.Na/c21-36(22,23)13-18(9-5-1-3-7-11-19(14-37(24,25)26)15-38(27,28)29)10-6-2-4-8-12-20(16-39(30,31)32)17-40(33,34)35;/h1-17H2,(H2,21,22,23)(H2,24,25,26)(H2,27,28,29)(H2,30,31,32)(H2,33,34,35);. The van der Waals surface area contributed by atoms with Gasteiger partial charge in [0.25, 0.3) is 0 Å². The number of rotatable bonds is 24. The second kappa shape index (κ2) is 20.7. The van der Waals surface area contributed by atoms with E-state index in [-0.39, 0.29) is 42.6 Å². The molecule has 1 radical (unpaired) electrons. The van der Waals surface area contributed by atoms with Crippen LogP contribution in [0, 0.1) is 0 Å². The van der Waals surface area contributed by atoms with Gasteiger partial charge in [-0.15, -0.1) is 0 Å². The summed E-state index contributed by atoms with van der Waals surface area (Å²) in [4.78, 5) is 95.1. The minimum absolute atomic E-state index is 0. The first-order valence-electron chi connectivity index (χ1n) is 12.3. The minimum Gasteiger partial charge on any atom is -0.324 e. The SMILES string of the molecule is O=P(O)(O)CN(CCCCCCN(CP(=O)(O)O)CP(=O)(O)O)CCCCCCN(CP(=O)(O)O)CP(=O)(O)O.[Na]. The average Bonchev–Trinajstić information content (AvgIpc) is 2.66. The van der Waals surface area contributed by atoms with E-state index < -0.39 is 69.4 Å². The smallest absolute Gasteiger partial charge is 0.324 e. The molecule has 0 aliphatic carbocycles. The fourth-order valence-corrected chi connectivity index (χ4v) is 8.15. The molecule has 10 N–H and O–H groups in total. The first-order valence-corrected chi connectivity index (χ1v) is 21.3. The van der Waals surface area contributed by atoms with Gasteiger partial charge < -0.3 is 48.9 Å². The van der Waals surface area contributed by atoms with Crippen LogP contribution in [0.5, 0.6) is 0 Å². The van der Waals surface area contributed by atoms with Crippen molar-refractivity contribution < 1.29 is 71.8 Å². The van der Waals surface area contributed by atoms with Gasteiger partial charge in [0.2, 0.25) is 0 Å². The van der Waals surface area contributed by atoms with Crippen LogP contribution in [0.2, 0.25) is 0 Å². The second-order valence-electron chi connectivity index (χ2n) is 9.77. The second-order valence-corrected chi connectivity index (χ2v) is 17.8. The minimum atomic E-state index is -4.51. The van der Waals surface area contributed by atoms with Gasteiger partial charge in [0, 0.05) is 29.6 Å². The Balaban J connectivity index is 0. The van der Waals surface area contributed by atoms with Gasteiger partial charge in [0.1, 0.15) is 31.4 Å². The van der Waals surface area contributed by atoms with Crippen molar-refractivity contribution in [1.29, 1.82) is 0 Å². The molecule has 0 aromatic heterocycles. The molecule has 0 aliphatic rings. The van der Waals surface area contributed by atoms with Gasteiger partial charge in [0.15, 0.2) is 0 Å². The van der Waals surface area contributed by atoms with Crippen LogP contribution in [0.3, 0.4) is 0 Å². The number of nitrogens with zero attached hydrogens (tertiary/aromatic N) is 3. The number of hydrogen-bond acceptors (Lipinski definition) is 8. The average molecular weight is 708 g/mol. The molecule has 41 heavy (non-hydrogen) atoms. The first-order chi connectivity index (χ1) is 17.9. The monoisotopic (exact) mass is 708 g/mol. The summed E-state index contributed by atoms with van der Waals surface area (Å²) in [6.45, 7) is 0.834. The van der Waals surface area contributed by atoms with Crippen molar-refractivity contribution in [3.8, 4) is 0 Å². The quantitative estimate of drug-likeness (QED) is 0.0366. The molecule has 243 valence electrons. The Labute approximate surface area is 262 Å². The van der Waals surface area contributed by atoms with Gasteiger partial charge in [0.05, 0.1) is 0 Å². The van der Waals surface area contributed by atoms with Crippen LogP contribution in [-0.2, 0) is 22.8 Å². The molecular formula is C17H44N3NaO15P5. The first kappa shape index (κ1) is 44.8. The van der Waals surface area contributed by atoms with Gasteiger partial charge in [-0.05, 0) is 51.9 Å². The van der Waals surface area contributed by atoms with Crippen molar-refractivity contribution in [3.05, 3.63) is 0 Å². The van der Waals surface area contributed by atoms with Gasteiger partial charge in [-0.3, -0.25) is 37.5 Å². The van der Waals surface area contributed by atoms with Crippen molar-refractivity contribution in [3.63, 3.8) is 0 Å². The largest absolute Gasteiger partial charge is 0.339 e. The molecule has 0 fully saturated rings. The molecule has 0 unspecified atom stereocenters. The summed E-state index contributed by atoms with van der Waals surface area (Å²) in [5.74, 6) is 0. The van der Waals surface area contributed by atoms with Crippen molar-refractivity contribution >= 4 is 67.5 Å². The molecule has 0 bridgehead atoms. The summed E-state index contributed by atoms with van der Waals surface area (Å²) in [5.41, 5.74) is 0. The van der Waals surface area contributed by atoms with E-state index in [0.717, 1.165) is 9.80 Å². The number of unbranched alkanes of at least 4 members (excludes halogenated alkanes) is 6. The fraction of sp³-hybridized carbons (Fsp3) is 1.00. The van der Waals surface area contributed by atoms with Crippen LogP contribution in [0.25, 0.3) is 0 Å². The molecule has 18 nitrogen and oxygen atoms in total. The zero-order valence-corrected chi connectivity index (χ0v) is 29.6. The van der Waals surface area contributed by atoms with E-state index in [4.69, 9.17) is 39.1 Å². The van der Waals surface area contributed by atoms with Crippen LogP contribution in [-0.4, -0.2) is 151 Å². The molecule has 24 heteroatoms. The van der Waals surface area contributed by atoms with E-state index >= 15 is 0 Å². The third-order valence-electron chi connectivity index (χ3n) is 5.32. The summed E-state index contributed by atoms with van der Waals surface area (Å²) in [6, 6.07) is 0. The van der Waals surface area contributed by atoms with Crippen LogP contribution in [0.4, 0.5) is 0 Å². The molecule has 0 aromatic carbocycles. The van der Waals surface area contributed by atoms with Crippen molar-refractivity contribution in [2.45, 2.75) is 51.4 Å². The maximum absolute atomic E-state index is 11.5. The third kappa shape index (κ3) is 32.8. The van der Waals surface area contributed by atoms with E-state index in [2.05, 4.69) is 0 Å². The maximum atomic E-state index is 11.5. The Kier molecular flexibility index (Phi) is 22.6. The van der Waals surface area contributed by atoms with E-state index in [1.54, 1.807) is 4.90 Å². The topological polar surface area (TPSA) is 297 Å². The van der Waals surface area contributed by atoms with Crippen molar-refractivity contribution in [1.82, 2.24) is 14.7 Å². The fourth-order valence-electron chi connectivity index (χ4n) is 3.98. The molecule has 0 saturated heterocycles. The molecule has 0 rings (SSSR count). The number of hydrogen-bond donors (Lipinski definition) is 10. The summed E-state index contributed by atoms with van der Waals surface area (Å²) >= 11 is 0. The Morgan fingerprint density at radius 2 is 0.488 bits per heavy atom. The maximum Gasteiger partial charge on any atom is 0.339 e. The van der Waals surface area contributed by atoms with E-state index in [1.807, 2.05) is 0 Å². The Morgan fingerprint density at radius 3 is 0.683 bits per heavy atom. The molecule has 0 spiro atoms. The van der Waals surface area contributed by atoms with Crippen LogP contribution in [0.15, 0.2) is 0 Å². The Morgan fingerprint density at radius 1 is 0.317 bits per heavy atom. The molecule has 0 atom stereocenters. The van der Waals surface area contributed by atoms with Gasteiger partial charge in [-0.2, -0.15) is 0 Å². The summed E-state index contributed by atoms with van der Waals surface area (Å²) in [5, 5.41) is 0. The van der Waals surface area contributed by atoms with Crippen molar-refractivity contribution in [2.75, 3.05) is 57.6 Å². The predicted molar refractivity (Wildman–Crippen MR) is 152 cm³/mol. The van der Waals surface area contributed by atoms with E-state index in [0.29, 0.717) is 64.5 Å². The summed E-state index contributed by atoms with van der Waals surface area (Å²) < 4.78 is 56.3. The van der Waals surface area contributed by atoms with Crippen LogP contribution in [0.1, 0.15) is 51.4 Å². The zero-order chi connectivity index (χ0) is 31.3. The molecule has 0 aromatic rings. The summed E-state index contributed by atoms with van der Waals surface area (Å²) in [6.07, 6.45) is 0.664. The van der Waals surface area contributed by atoms with Crippen LogP contribution < -0.4 is 0 Å². The van der Waals surface area contributed by atoms with E-state index in [1.165, 1.54) is 0 Å². The van der Waals surface area contributed by atoms with Crippen LogP contribution >= 0.6 is 38.0 Å². The molecule has 0 saturated carbocycles. The van der Waals surface area contributed by atoms with Crippen molar-refractivity contribution in [2.24, 2.45) is 0 Å².